The van der Waals surface area contributed by atoms with Crippen LogP contribution in [0.15, 0.2) is 53.7 Å². The minimum absolute atomic E-state index is 0.0655. The molecule has 0 bridgehead atoms. The van der Waals surface area contributed by atoms with Gasteiger partial charge in [0.15, 0.2) is 11.6 Å². The Labute approximate surface area is 187 Å². The van der Waals surface area contributed by atoms with Gasteiger partial charge in [-0.3, -0.25) is 4.79 Å². The lowest BCUT2D eigenvalue weighted by molar-refractivity contribution is -0.134. The topological polar surface area (TPSA) is 80.5 Å². The molecular formula is C25H28ClN3O2. The number of ketones is 1. The maximum atomic E-state index is 13.4. The highest BCUT2D eigenvalue weighted by Crippen LogP contribution is 2.40. The molecule has 4 rings (SSSR count). The number of nitrogens with one attached hydrogen (secondary N) is 1. The Balaban J connectivity index is 1.75. The van der Waals surface area contributed by atoms with E-state index in [4.69, 9.17) is 27.1 Å². The van der Waals surface area contributed by atoms with Gasteiger partial charge in [0, 0.05) is 27.7 Å². The first-order valence-corrected chi connectivity index (χ1v) is 11.1. The highest BCUT2D eigenvalue weighted by molar-refractivity contribution is 6.32. The Bertz CT molecular complexity index is 1150. The van der Waals surface area contributed by atoms with Gasteiger partial charge in [0.25, 0.3) is 0 Å². The molecule has 2 heterocycles. The lowest BCUT2D eigenvalue weighted by Crippen LogP contribution is -2.51. The van der Waals surface area contributed by atoms with Gasteiger partial charge in [-0.05, 0) is 49.9 Å². The summed E-state index contributed by atoms with van der Waals surface area (Å²) in [7, 11) is 0. The molecule has 3 atom stereocenters. The molecule has 2 aromatic carbocycles. The van der Waals surface area contributed by atoms with Crippen LogP contribution in [0.4, 0.5) is 0 Å². The molecule has 0 fully saturated rings. The summed E-state index contributed by atoms with van der Waals surface area (Å²) in [6.45, 7) is 5.96. The Morgan fingerprint density at radius 3 is 2.74 bits per heavy atom. The SMILES string of the molecule is CCC1OC(C(N)Cc2c[nH]c3ccc(C)cc23)=NC(CC)(c2ccccc2Cl)C1=O. The zero-order valence-electron chi connectivity index (χ0n) is 18.1. The molecule has 0 spiro atoms. The van der Waals surface area contributed by atoms with Crippen LogP contribution in [-0.2, 0) is 21.5 Å². The number of hydrogen-bond donors (Lipinski definition) is 2. The van der Waals surface area contributed by atoms with Crippen molar-refractivity contribution in [3.63, 3.8) is 0 Å². The first kappa shape index (κ1) is 21.6. The second kappa shape index (κ2) is 8.48. The average molecular weight is 438 g/mol. The zero-order valence-corrected chi connectivity index (χ0v) is 18.9. The number of nitrogens with two attached hydrogens (primary N) is 1. The van der Waals surface area contributed by atoms with Crippen LogP contribution in [0, 0.1) is 6.92 Å². The summed E-state index contributed by atoms with van der Waals surface area (Å²) in [5.41, 5.74) is 9.59. The van der Waals surface area contributed by atoms with Crippen molar-refractivity contribution in [2.75, 3.05) is 0 Å². The number of H-pyrrole nitrogens is 1. The third-order valence-corrected chi connectivity index (χ3v) is 6.48. The average Bonchev–Trinajstić information content (AvgIpc) is 3.16. The van der Waals surface area contributed by atoms with Crippen molar-refractivity contribution in [3.05, 3.63) is 70.4 Å². The third-order valence-electron chi connectivity index (χ3n) is 6.15. The summed E-state index contributed by atoms with van der Waals surface area (Å²) in [5.74, 6) is 0.347. The summed E-state index contributed by atoms with van der Waals surface area (Å²) in [5, 5.41) is 1.67. The molecule has 1 aromatic heterocycles. The quantitative estimate of drug-likeness (QED) is 0.564. The Kier molecular flexibility index (Phi) is 5.91. The van der Waals surface area contributed by atoms with E-state index < -0.39 is 17.7 Å². The fourth-order valence-electron chi connectivity index (χ4n) is 4.39. The van der Waals surface area contributed by atoms with Gasteiger partial charge in [0.1, 0.15) is 0 Å². The fraction of sp³-hybridized carbons (Fsp3) is 0.360. The van der Waals surface area contributed by atoms with E-state index in [0.717, 1.165) is 16.5 Å². The lowest BCUT2D eigenvalue weighted by atomic mass is 9.80. The van der Waals surface area contributed by atoms with Crippen molar-refractivity contribution < 1.29 is 9.53 Å². The van der Waals surface area contributed by atoms with E-state index in [1.807, 2.05) is 38.2 Å². The molecule has 1 aliphatic heterocycles. The van der Waals surface area contributed by atoms with Gasteiger partial charge in [-0.1, -0.05) is 55.3 Å². The number of ether oxygens (including phenoxy) is 1. The Hall–Kier alpha value is -2.63. The normalized spacial score (nSPS) is 22.3. The van der Waals surface area contributed by atoms with Crippen LogP contribution >= 0.6 is 11.6 Å². The summed E-state index contributed by atoms with van der Waals surface area (Å²) in [4.78, 5) is 21.6. The number of nitrogens with zero attached hydrogens (tertiary/aromatic N) is 1. The number of fused-ring (bicyclic) bond motifs is 1. The number of carbonyl (C=O) groups is 1. The first-order chi connectivity index (χ1) is 14.9. The predicted molar refractivity (Wildman–Crippen MR) is 126 cm³/mol. The van der Waals surface area contributed by atoms with E-state index in [1.165, 1.54) is 5.56 Å². The number of Topliss-reactive ketones (excluding diaryl/α,β-unsaturated/α-hetero) is 1. The van der Waals surface area contributed by atoms with Crippen molar-refractivity contribution in [1.29, 1.82) is 0 Å². The van der Waals surface area contributed by atoms with Gasteiger partial charge in [-0.2, -0.15) is 0 Å². The van der Waals surface area contributed by atoms with E-state index >= 15 is 0 Å². The maximum Gasteiger partial charge on any atom is 0.205 e. The largest absolute Gasteiger partial charge is 0.468 e. The van der Waals surface area contributed by atoms with Crippen LogP contribution in [0.5, 0.6) is 0 Å². The highest BCUT2D eigenvalue weighted by Gasteiger charge is 2.48. The summed E-state index contributed by atoms with van der Waals surface area (Å²) in [6, 6.07) is 13.2. The summed E-state index contributed by atoms with van der Waals surface area (Å²) in [6.07, 6.45) is 2.97. The van der Waals surface area contributed by atoms with Crippen molar-refractivity contribution in [2.45, 2.75) is 57.7 Å². The number of aromatic amines is 1. The van der Waals surface area contributed by atoms with Crippen LogP contribution in [0.3, 0.4) is 0 Å². The number of halogens is 1. The number of aromatic nitrogens is 1. The number of aliphatic imine (C=N–C) groups is 1. The van der Waals surface area contributed by atoms with Crippen molar-refractivity contribution in [1.82, 2.24) is 4.98 Å². The third kappa shape index (κ3) is 3.77. The summed E-state index contributed by atoms with van der Waals surface area (Å²) >= 11 is 6.51. The second-order valence-electron chi connectivity index (χ2n) is 8.20. The fourth-order valence-corrected chi connectivity index (χ4v) is 4.68. The number of hydrogen-bond acceptors (Lipinski definition) is 4. The van der Waals surface area contributed by atoms with Gasteiger partial charge < -0.3 is 15.5 Å². The molecule has 31 heavy (non-hydrogen) atoms. The molecule has 0 aliphatic carbocycles. The molecule has 0 amide bonds. The van der Waals surface area contributed by atoms with Crippen LogP contribution in [-0.4, -0.2) is 28.8 Å². The number of benzene rings is 2. The molecule has 0 radical (unpaired) electrons. The van der Waals surface area contributed by atoms with E-state index in [9.17, 15) is 4.79 Å². The van der Waals surface area contributed by atoms with Gasteiger partial charge in [-0.15, -0.1) is 0 Å². The minimum atomic E-state index is -1.08. The Morgan fingerprint density at radius 2 is 2.03 bits per heavy atom. The number of rotatable bonds is 6. The van der Waals surface area contributed by atoms with Crippen molar-refractivity contribution in [2.24, 2.45) is 10.7 Å². The van der Waals surface area contributed by atoms with Gasteiger partial charge in [-0.25, -0.2) is 4.99 Å². The smallest absolute Gasteiger partial charge is 0.205 e. The molecule has 0 saturated heterocycles. The van der Waals surface area contributed by atoms with E-state index in [-0.39, 0.29) is 5.78 Å². The van der Waals surface area contributed by atoms with E-state index in [1.54, 1.807) is 6.07 Å². The predicted octanol–water partition coefficient (Wildman–Crippen LogP) is 5.08. The molecule has 5 nitrogen and oxygen atoms in total. The molecule has 3 aromatic rings. The molecular weight excluding hydrogens is 410 g/mol. The van der Waals surface area contributed by atoms with Crippen LogP contribution in [0.25, 0.3) is 10.9 Å². The lowest BCUT2D eigenvalue weighted by Gasteiger charge is -2.38. The van der Waals surface area contributed by atoms with Gasteiger partial charge >= 0.3 is 0 Å². The van der Waals surface area contributed by atoms with Crippen LogP contribution in [0.2, 0.25) is 5.02 Å². The Morgan fingerprint density at radius 1 is 1.26 bits per heavy atom. The summed E-state index contributed by atoms with van der Waals surface area (Å²) < 4.78 is 6.03. The molecule has 3 N–H and O–H groups in total. The molecule has 6 heteroatoms. The van der Waals surface area contributed by atoms with Crippen molar-refractivity contribution in [3.8, 4) is 0 Å². The monoisotopic (exact) mass is 437 g/mol. The molecule has 0 saturated carbocycles. The number of carbonyl (C=O) groups excluding carboxylic acids is 1. The molecule has 1 aliphatic rings. The minimum Gasteiger partial charge on any atom is -0.468 e. The van der Waals surface area contributed by atoms with E-state index in [0.29, 0.717) is 35.7 Å². The van der Waals surface area contributed by atoms with Gasteiger partial charge in [0.05, 0.1) is 6.04 Å². The standard InChI is InChI=1S/C25H28ClN3O2/c1-4-22-23(30)25(5-2,18-8-6-7-9-19(18)26)29-24(31-22)20(27)13-16-14-28-21-11-10-15(3)12-17(16)21/h6-12,14,20,22,28H,4-5,13,27H2,1-3H3. The first-order valence-electron chi connectivity index (χ1n) is 10.8. The molecule has 162 valence electrons. The highest BCUT2D eigenvalue weighted by atomic mass is 35.5. The zero-order chi connectivity index (χ0) is 22.2. The maximum absolute atomic E-state index is 13.4. The van der Waals surface area contributed by atoms with E-state index in [2.05, 4.69) is 30.1 Å². The molecule has 3 unspecified atom stereocenters. The second-order valence-corrected chi connectivity index (χ2v) is 8.60. The van der Waals surface area contributed by atoms with Crippen molar-refractivity contribution >= 4 is 34.2 Å². The van der Waals surface area contributed by atoms with Crippen LogP contribution in [0.1, 0.15) is 43.4 Å². The van der Waals surface area contributed by atoms with Crippen LogP contribution < -0.4 is 5.73 Å². The number of aryl methyl sites for hydroxylation is 1. The van der Waals surface area contributed by atoms with Gasteiger partial charge in [0.2, 0.25) is 11.7 Å².